The fraction of sp³-hybridized carbons (Fsp3) is 0.480. The van der Waals surface area contributed by atoms with Crippen molar-refractivity contribution in [3.8, 4) is 6.07 Å². The highest BCUT2D eigenvalue weighted by molar-refractivity contribution is 5.90. The zero-order valence-corrected chi connectivity index (χ0v) is 19.5. The van der Waals surface area contributed by atoms with E-state index in [4.69, 9.17) is 0 Å². The van der Waals surface area contributed by atoms with Crippen LogP contribution in [0.1, 0.15) is 53.4 Å². The zero-order chi connectivity index (χ0) is 25.2. The number of anilines is 1. The molecule has 1 saturated heterocycles. The molecule has 1 amide bonds. The van der Waals surface area contributed by atoms with Gasteiger partial charge in [0, 0.05) is 50.3 Å². The normalized spacial score (nSPS) is 16.6. The molecule has 186 valence electrons. The number of hydrogen-bond donors (Lipinski definition) is 1. The maximum Gasteiger partial charge on any atom is 0.389 e. The molecule has 0 bridgehead atoms. The summed E-state index contributed by atoms with van der Waals surface area (Å²) in [6, 6.07) is 6.37. The van der Waals surface area contributed by atoms with Gasteiger partial charge in [0.2, 0.25) is 0 Å². The summed E-state index contributed by atoms with van der Waals surface area (Å²) in [4.78, 5) is 17.9. The smallest absolute Gasteiger partial charge is 0.330 e. The van der Waals surface area contributed by atoms with Crippen LogP contribution in [0.4, 0.5) is 23.4 Å². The minimum absolute atomic E-state index is 0.0553. The summed E-state index contributed by atoms with van der Waals surface area (Å²) in [7, 11) is 0. The Bertz CT molecular complexity index is 1170. The van der Waals surface area contributed by atoms with Gasteiger partial charge in [-0.3, -0.25) is 9.69 Å². The van der Waals surface area contributed by atoms with Crippen molar-refractivity contribution >= 4 is 17.8 Å². The summed E-state index contributed by atoms with van der Waals surface area (Å²) < 4.78 is 52.8. The van der Waals surface area contributed by atoms with Gasteiger partial charge in [0.1, 0.15) is 5.82 Å². The Balaban J connectivity index is 1.43. The molecular formula is C25H27F4N5O. The molecule has 10 heteroatoms. The lowest BCUT2D eigenvalue weighted by Gasteiger charge is -2.33. The number of benzene rings is 1. The fourth-order valence-corrected chi connectivity index (χ4v) is 4.88. The number of nitrogens with zero attached hydrogens (tertiary/aromatic N) is 4. The standard InChI is InChI=1S/C25H27F4N5O/c1-16-19(3-2-18-10-17(13-30)11-21(16)18)14-33-8-5-20(6-9-33)34-15-22(32-24(35)12-26)31-23(34)4-7-25(27,28)29/h2-3,11,15,20H,4-10,12,14H2,1H3,(H,32,35). The molecule has 0 atom stereocenters. The van der Waals surface area contributed by atoms with Gasteiger partial charge in [0.05, 0.1) is 12.5 Å². The maximum atomic E-state index is 12.8. The summed E-state index contributed by atoms with van der Waals surface area (Å²) in [6.07, 6.45) is -0.0546. The average Bonchev–Trinajstić information content (AvgIpc) is 3.44. The minimum atomic E-state index is -4.32. The molecule has 2 aliphatic rings. The van der Waals surface area contributed by atoms with Crippen LogP contribution < -0.4 is 5.32 Å². The highest BCUT2D eigenvalue weighted by Crippen LogP contribution is 2.32. The molecular weight excluding hydrogens is 462 g/mol. The Morgan fingerprint density at radius 1 is 1.29 bits per heavy atom. The van der Waals surface area contributed by atoms with Crippen molar-refractivity contribution in [3.05, 3.63) is 52.0 Å². The number of piperidine rings is 1. The fourth-order valence-electron chi connectivity index (χ4n) is 4.88. The average molecular weight is 490 g/mol. The van der Waals surface area contributed by atoms with E-state index in [1.54, 1.807) is 4.57 Å². The number of aryl methyl sites for hydroxylation is 1. The van der Waals surface area contributed by atoms with Crippen molar-refractivity contribution in [2.75, 3.05) is 25.1 Å². The first-order valence-electron chi connectivity index (χ1n) is 11.6. The number of alkyl halides is 4. The van der Waals surface area contributed by atoms with Crippen molar-refractivity contribution in [3.63, 3.8) is 0 Å². The first kappa shape index (κ1) is 24.9. The van der Waals surface area contributed by atoms with E-state index < -0.39 is 25.2 Å². The van der Waals surface area contributed by atoms with Crippen LogP contribution in [0.2, 0.25) is 0 Å². The molecule has 0 spiro atoms. The molecule has 0 unspecified atom stereocenters. The van der Waals surface area contributed by atoms with Gasteiger partial charge >= 0.3 is 6.18 Å². The van der Waals surface area contributed by atoms with Gasteiger partial charge in [-0.15, -0.1) is 0 Å². The molecule has 6 nitrogen and oxygen atoms in total. The van der Waals surface area contributed by atoms with E-state index in [1.807, 2.05) is 6.08 Å². The van der Waals surface area contributed by atoms with Gasteiger partial charge < -0.3 is 9.88 Å². The number of likely N-dealkylation sites (tertiary alicyclic amines) is 1. The second-order valence-corrected chi connectivity index (χ2v) is 9.13. The summed E-state index contributed by atoms with van der Waals surface area (Å²) in [5.74, 6) is -0.566. The first-order valence-corrected chi connectivity index (χ1v) is 11.6. The number of halogens is 4. The topological polar surface area (TPSA) is 73.9 Å². The number of carbonyl (C=O) groups is 1. The summed E-state index contributed by atoms with van der Waals surface area (Å²) in [6.45, 7) is 3.11. The van der Waals surface area contributed by atoms with E-state index in [-0.39, 0.29) is 24.1 Å². The Morgan fingerprint density at radius 2 is 2.03 bits per heavy atom. The molecule has 0 saturated carbocycles. The number of allylic oxidation sites excluding steroid dienone is 1. The first-order chi connectivity index (χ1) is 16.7. The number of rotatable bonds is 7. The molecule has 1 aromatic heterocycles. The van der Waals surface area contributed by atoms with Crippen LogP contribution in [-0.4, -0.2) is 46.3 Å². The monoisotopic (exact) mass is 489 g/mol. The Kier molecular flexibility index (Phi) is 7.26. The molecule has 35 heavy (non-hydrogen) atoms. The van der Waals surface area contributed by atoms with Gasteiger partial charge in [0.25, 0.3) is 5.91 Å². The van der Waals surface area contributed by atoms with Crippen LogP contribution >= 0.6 is 0 Å². The van der Waals surface area contributed by atoms with E-state index in [9.17, 15) is 27.6 Å². The number of hydrogen-bond acceptors (Lipinski definition) is 4. The summed E-state index contributed by atoms with van der Waals surface area (Å²) in [5, 5.41) is 11.5. The molecule has 0 radical (unpaired) electrons. The Labute approximate surface area is 201 Å². The third-order valence-corrected chi connectivity index (χ3v) is 6.73. The summed E-state index contributed by atoms with van der Waals surface area (Å²) in [5.41, 5.74) is 5.44. The van der Waals surface area contributed by atoms with E-state index in [1.165, 1.54) is 22.9 Å². The molecule has 4 rings (SSSR count). The van der Waals surface area contributed by atoms with Crippen LogP contribution in [-0.2, 0) is 24.2 Å². The van der Waals surface area contributed by atoms with Crippen molar-refractivity contribution in [2.24, 2.45) is 0 Å². The zero-order valence-electron chi connectivity index (χ0n) is 19.5. The van der Waals surface area contributed by atoms with E-state index in [0.29, 0.717) is 19.3 Å². The quantitative estimate of drug-likeness (QED) is 0.562. The van der Waals surface area contributed by atoms with Gasteiger partial charge in [0.15, 0.2) is 12.5 Å². The van der Waals surface area contributed by atoms with Crippen LogP contribution in [0.15, 0.2) is 23.9 Å². The lowest BCUT2D eigenvalue weighted by molar-refractivity contribution is -0.134. The lowest BCUT2D eigenvalue weighted by Crippen LogP contribution is -2.34. The predicted molar refractivity (Wildman–Crippen MR) is 123 cm³/mol. The van der Waals surface area contributed by atoms with E-state index in [0.717, 1.165) is 30.8 Å². The van der Waals surface area contributed by atoms with Crippen molar-refractivity contribution in [2.45, 2.75) is 57.8 Å². The number of carbonyl (C=O) groups excluding carboxylic acids is 1. The molecule has 2 aromatic rings. The number of aromatic nitrogens is 2. The predicted octanol–water partition coefficient (Wildman–Crippen LogP) is 4.89. The molecule has 1 aromatic carbocycles. The highest BCUT2D eigenvalue weighted by atomic mass is 19.4. The van der Waals surface area contributed by atoms with Gasteiger partial charge in [-0.2, -0.15) is 18.4 Å². The van der Waals surface area contributed by atoms with Crippen LogP contribution in [0.5, 0.6) is 0 Å². The van der Waals surface area contributed by atoms with Crippen LogP contribution in [0, 0.1) is 18.3 Å². The number of nitriles is 1. The molecule has 1 aliphatic heterocycles. The van der Waals surface area contributed by atoms with Crippen molar-refractivity contribution in [1.29, 1.82) is 5.26 Å². The molecule has 1 fully saturated rings. The number of amides is 1. The number of fused-ring (bicyclic) bond motifs is 1. The highest BCUT2D eigenvalue weighted by Gasteiger charge is 2.30. The molecule has 1 aliphatic carbocycles. The van der Waals surface area contributed by atoms with Crippen molar-refractivity contribution < 1.29 is 22.4 Å². The van der Waals surface area contributed by atoms with E-state index in [2.05, 4.69) is 40.3 Å². The Morgan fingerprint density at radius 3 is 2.69 bits per heavy atom. The molecule has 2 heterocycles. The lowest BCUT2D eigenvalue weighted by atomic mass is 9.97. The molecule has 1 N–H and O–H groups in total. The van der Waals surface area contributed by atoms with Crippen LogP contribution in [0.3, 0.4) is 0 Å². The van der Waals surface area contributed by atoms with Crippen molar-refractivity contribution in [1.82, 2.24) is 14.5 Å². The number of imidazole rings is 1. The SMILES string of the molecule is Cc1c(CN2CCC(n3cc(NC(=O)CF)nc3CCC(F)(F)F)CC2)ccc2c1C=C(C#N)C2. The Hall–Kier alpha value is -3.19. The largest absolute Gasteiger partial charge is 0.389 e. The summed E-state index contributed by atoms with van der Waals surface area (Å²) >= 11 is 0. The van der Waals surface area contributed by atoms with E-state index >= 15 is 0 Å². The second kappa shape index (κ2) is 10.2. The van der Waals surface area contributed by atoms with Gasteiger partial charge in [-0.1, -0.05) is 12.1 Å². The minimum Gasteiger partial charge on any atom is -0.330 e. The second-order valence-electron chi connectivity index (χ2n) is 9.13. The third-order valence-electron chi connectivity index (χ3n) is 6.73. The number of nitrogens with one attached hydrogen (secondary N) is 1. The van der Waals surface area contributed by atoms with Gasteiger partial charge in [-0.05, 0) is 48.1 Å². The third kappa shape index (κ3) is 5.90. The maximum absolute atomic E-state index is 12.8. The van der Waals surface area contributed by atoms with Crippen LogP contribution in [0.25, 0.3) is 6.08 Å². The van der Waals surface area contributed by atoms with Gasteiger partial charge in [-0.25, -0.2) is 9.37 Å².